The molecule has 4 aromatic carbocycles. The molecule has 0 radical (unpaired) electrons. The Morgan fingerprint density at radius 3 is 1.51 bits per heavy atom. The second-order valence-electron chi connectivity index (χ2n) is 19.0. The molecule has 362 valence electrons. The molecule has 0 unspecified atom stereocenters. The average Bonchev–Trinajstić information content (AvgIpc) is 4.09. The molecule has 5 N–H and O–H groups in total. The minimum Gasteiger partial charge on any atom is -0.465 e. The highest BCUT2D eigenvalue weighted by molar-refractivity contribution is 6.11. The number of benzene rings is 4. The maximum absolute atomic E-state index is 14.1. The topological polar surface area (TPSA) is 218 Å². The number of aromatic amines is 1. The first kappa shape index (κ1) is 49.2. The summed E-state index contributed by atoms with van der Waals surface area (Å²) in [5.74, 6) is -2.35. The lowest BCUT2D eigenvalue weighted by Gasteiger charge is -2.29. The van der Waals surface area contributed by atoms with E-state index in [4.69, 9.17) is 14.2 Å². The van der Waals surface area contributed by atoms with E-state index in [2.05, 4.69) is 26.3 Å². The normalized spacial score (nSPS) is 16.8. The van der Waals surface area contributed by atoms with E-state index in [9.17, 15) is 33.6 Å². The molecule has 2 aliphatic heterocycles. The van der Waals surface area contributed by atoms with Crippen LogP contribution in [0, 0.1) is 0 Å². The van der Waals surface area contributed by atoms with Gasteiger partial charge in [-0.1, -0.05) is 72.8 Å². The largest absolute Gasteiger partial charge is 0.465 e. The predicted octanol–water partition coefficient (Wildman–Crippen LogP) is 8.01. The molecule has 0 spiro atoms. The van der Waals surface area contributed by atoms with E-state index in [1.54, 1.807) is 145 Å². The van der Waals surface area contributed by atoms with Crippen LogP contribution >= 0.6 is 0 Å². The molecule has 5 aromatic rings. The molecule has 17 heteroatoms. The number of carbonyl (C=O) groups excluding carboxylic acids is 7. The molecule has 1 aromatic heterocycles. The number of fused-ring (bicyclic) bond motifs is 1. The summed E-state index contributed by atoms with van der Waals surface area (Å²) in [6, 6.07) is 25.7. The number of ether oxygens (including phenoxy) is 3. The Morgan fingerprint density at radius 2 is 1.06 bits per heavy atom. The number of esters is 1. The smallest absolute Gasteiger partial charge is 0.408 e. The van der Waals surface area contributed by atoms with Gasteiger partial charge < -0.3 is 50.3 Å². The molecule has 6 amide bonds. The number of methoxy groups -OCH3 is 1. The van der Waals surface area contributed by atoms with E-state index in [0.717, 1.165) is 0 Å². The van der Waals surface area contributed by atoms with Gasteiger partial charge in [-0.05, 0) is 114 Å². The van der Waals surface area contributed by atoms with Crippen LogP contribution < -0.4 is 21.3 Å². The Hall–Kier alpha value is -7.69. The van der Waals surface area contributed by atoms with Crippen LogP contribution in [-0.4, -0.2) is 100 Å². The summed E-state index contributed by atoms with van der Waals surface area (Å²) in [4.78, 5) is 101. The van der Waals surface area contributed by atoms with Crippen molar-refractivity contribution in [1.82, 2.24) is 25.4 Å². The minimum absolute atomic E-state index is 0.213. The van der Waals surface area contributed by atoms with Crippen LogP contribution in [0.15, 0.2) is 103 Å². The van der Waals surface area contributed by atoms with E-state index in [1.807, 2.05) is 0 Å². The van der Waals surface area contributed by atoms with Crippen molar-refractivity contribution in [1.29, 1.82) is 0 Å². The van der Waals surface area contributed by atoms with Crippen LogP contribution in [0.2, 0.25) is 0 Å². The number of aromatic nitrogens is 1. The van der Waals surface area contributed by atoms with Crippen molar-refractivity contribution < 1.29 is 47.8 Å². The van der Waals surface area contributed by atoms with Crippen LogP contribution in [0.25, 0.3) is 22.2 Å². The fourth-order valence-corrected chi connectivity index (χ4v) is 8.63. The highest BCUT2D eigenvalue weighted by Gasteiger charge is 2.40. The lowest BCUT2D eigenvalue weighted by molar-refractivity contribution is -0.138. The zero-order chi connectivity index (χ0) is 49.6. The van der Waals surface area contributed by atoms with Gasteiger partial charge >= 0.3 is 18.2 Å². The molecule has 0 bridgehead atoms. The fourth-order valence-electron chi connectivity index (χ4n) is 8.63. The molecule has 7 rings (SSSR count). The summed E-state index contributed by atoms with van der Waals surface area (Å²) in [5, 5.41) is 11.7. The molecule has 2 fully saturated rings. The number of anilines is 2. The fraction of sp³-hybridized carbons (Fsp3) is 0.365. The number of hydrogen-bond donors (Lipinski definition) is 5. The van der Waals surface area contributed by atoms with Crippen molar-refractivity contribution in [2.24, 2.45) is 0 Å². The Kier molecular flexibility index (Phi) is 14.7. The number of H-pyrrole nitrogens is 1. The molecule has 2 aliphatic rings. The zero-order valence-corrected chi connectivity index (χ0v) is 39.8. The number of carbonyl (C=O) groups is 7. The van der Waals surface area contributed by atoms with Crippen LogP contribution in [-0.2, 0) is 33.4 Å². The van der Waals surface area contributed by atoms with Crippen molar-refractivity contribution in [3.8, 4) is 11.3 Å². The van der Waals surface area contributed by atoms with E-state index >= 15 is 0 Å². The van der Waals surface area contributed by atoms with Crippen LogP contribution in [0.4, 0.5) is 21.0 Å². The number of nitrogens with zero attached hydrogens (tertiary/aromatic N) is 2. The SMILES string of the molecule is COC(=O)c1c(-c2ccc(NC(=O)[C@@H]3CCCN3C(=O)[C@H](NC(=O)OC(C)(C)C)c3ccccc3)cc2)[nH]c2ccc(NC(=O)[C@@H]3CCCN3C(=O)[C@H](NC(=O)OC(C)(C)C)c3ccccc3)cc12. The van der Waals surface area contributed by atoms with Crippen molar-refractivity contribution in [3.63, 3.8) is 0 Å². The number of likely N-dealkylation sites (tertiary alicyclic amines) is 2. The molecular weight excluding hydrogens is 883 g/mol. The van der Waals surface area contributed by atoms with Crippen molar-refractivity contribution in [3.05, 3.63) is 120 Å². The van der Waals surface area contributed by atoms with Crippen LogP contribution in [0.3, 0.4) is 0 Å². The van der Waals surface area contributed by atoms with Gasteiger partial charge in [0.15, 0.2) is 0 Å². The van der Waals surface area contributed by atoms with E-state index in [1.165, 1.54) is 16.9 Å². The van der Waals surface area contributed by atoms with E-state index < -0.39 is 77.2 Å². The standard InChI is InChI=1S/C52H59N7O10/c1-51(2,3)68-49(65)56-42(31-16-10-8-11-17-31)46(62)58-28-14-20-38(58)44(60)53-34-24-22-33(23-25-34)41-40(48(64)67-7)36-30-35(26-27-37(36)55-41)54-45(61)39-21-15-29-59(39)47(63)43(32-18-12-9-13-19-32)57-50(66)69-52(4,5)6/h8-13,16-19,22-27,30,38-39,42-43,55H,14-15,20-21,28-29H2,1-7H3,(H,53,60)(H,54,61)(H,56,65)(H,57,66)/t38-,39-,42+,43+/m0/s1. The summed E-state index contributed by atoms with van der Waals surface area (Å²) >= 11 is 0. The molecule has 2 saturated heterocycles. The highest BCUT2D eigenvalue weighted by Crippen LogP contribution is 2.34. The van der Waals surface area contributed by atoms with Crippen LogP contribution in [0.5, 0.6) is 0 Å². The van der Waals surface area contributed by atoms with Gasteiger partial charge in [0.25, 0.3) is 11.8 Å². The van der Waals surface area contributed by atoms with Gasteiger partial charge in [-0.2, -0.15) is 0 Å². The first-order chi connectivity index (χ1) is 32.8. The molecule has 3 heterocycles. The number of alkyl carbamates (subject to hydrolysis) is 2. The molecule has 0 aliphatic carbocycles. The third kappa shape index (κ3) is 11.9. The van der Waals surface area contributed by atoms with Gasteiger partial charge in [-0.3, -0.25) is 19.2 Å². The van der Waals surface area contributed by atoms with Gasteiger partial charge in [0.2, 0.25) is 11.8 Å². The van der Waals surface area contributed by atoms with Gasteiger partial charge in [0, 0.05) is 35.4 Å². The van der Waals surface area contributed by atoms with Gasteiger partial charge in [-0.25, -0.2) is 14.4 Å². The average molecular weight is 942 g/mol. The third-order valence-corrected chi connectivity index (χ3v) is 11.7. The Balaban J connectivity index is 1.06. The third-order valence-electron chi connectivity index (χ3n) is 11.7. The molecule has 0 saturated carbocycles. The molecule has 17 nitrogen and oxygen atoms in total. The maximum atomic E-state index is 14.1. The van der Waals surface area contributed by atoms with E-state index in [0.29, 0.717) is 83.4 Å². The quantitative estimate of drug-likeness (QED) is 0.0600. The lowest BCUT2D eigenvalue weighted by atomic mass is 10.0. The number of hydrogen-bond acceptors (Lipinski definition) is 10. The number of rotatable bonds is 12. The summed E-state index contributed by atoms with van der Waals surface area (Å²) in [7, 11) is 1.27. The highest BCUT2D eigenvalue weighted by atomic mass is 16.6. The minimum atomic E-state index is -1.10. The predicted molar refractivity (Wildman–Crippen MR) is 259 cm³/mol. The van der Waals surface area contributed by atoms with E-state index in [-0.39, 0.29) is 5.56 Å². The summed E-state index contributed by atoms with van der Waals surface area (Å²) in [5.41, 5.74) is 2.16. The second-order valence-corrected chi connectivity index (χ2v) is 19.0. The molecule has 4 atom stereocenters. The monoisotopic (exact) mass is 941 g/mol. The maximum Gasteiger partial charge on any atom is 0.408 e. The van der Waals surface area contributed by atoms with Gasteiger partial charge in [0.05, 0.1) is 18.4 Å². The van der Waals surface area contributed by atoms with Gasteiger partial charge in [0.1, 0.15) is 35.4 Å². The Morgan fingerprint density at radius 1 is 0.609 bits per heavy atom. The first-order valence-electron chi connectivity index (χ1n) is 23.0. The van der Waals surface area contributed by atoms with Crippen LogP contribution in [0.1, 0.15) is 101 Å². The van der Waals surface area contributed by atoms with Crippen molar-refractivity contribution in [2.75, 3.05) is 30.8 Å². The molecule has 69 heavy (non-hydrogen) atoms. The summed E-state index contributed by atoms with van der Waals surface area (Å²) < 4.78 is 16.1. The van der Waals surface area contributed by atoms with Gasteiger partial charge in [-0.15, -0.1) is 0 Å². The molecular formula is C52H59N7O10. The Labute approximate surface area is 400 Å². The summed E-state index contributed by atoms with van der Waals surface area (Å²) in [6.07, 6.45) is 0.444. The Bertz CT molecular complexity index is 2710. The number of nitrogens with one attached hydrogen (secondary N) is 5. The second kappa shape index (κ2) is 20.7. The number of amides is 6. The van der Waals surface area contributed by atoms with Crippen molar-refractivity contribution >= 4 is 64.1 Å². The van der Waals surface area contributed by atoms with Crippen molar-refractivity contribution in [2.45, 2.75) is 103 Å². The first-order valence-corrected chi connectivity index (χ1v) is 23.0. The summed E-state index contributed by atoms with van der Waals surface area (Å²) in [6.45, 7) is 11.0. The lowest BCUT2D eigenvalue weighted by Crippen LogP contribution is -2.49. The zero-order valence-electron chi connectivity index (χ0n) is 39.8.